The summed E-state index contributed by atoms with van der Waals surface area (Å²) < 4.78 is 35.5. The summed E-state index contributed by atoms with van der Waals surface area (Å²) in [5.74, 6) is 1.67. The highest BCUT2D eigenvalue weighted by Crippen LogP contribution is 2.34. The topological polar surface area (TPSA) is 130 Å². The van der Waals surface area contributed by atoms with Gasteiger partial charge in [-0.25, -0.2) is 19.8 Å². The molecule has 0 amide bonds. The van der Waals surface area contributed by atoms with Gasteiger partial charge in [0.15, 0.2) is 11.5 Å². The number of nitrogens with one attached hydrogen (secondary N) is 2. The Hall–Kier alpha value is -3.11. The van der Waals surface area contributed by atoms with Crippen LogP contribution in [0.2, 0.25) is 0 Å². The van der Waals surface area contributed by atoms with Crippen molar-refractivity contribution in [3.63, 3.8) is 0 Å². The predicted molar refractivity (Wildman–Crippen MR) is 97.8 cm³/mol. The fraction of sp³-hybridized carbons (Fsp3) is 0.125. The van der Waals surface area contributed by atoms with Crippen LogP contribution in [-0.2, 0) is 10.2 Å². The number of rotatable bonds is 6. The lowest BCUT2D eigenvalue weighted by Crippen LogP contribution is -2.59. The molecule has 0 saturated heterocycles. The van der Waals surface area contributed by atoms with Crippen molar-refractivity contribution in [2.45, 2.75) is 0 Å². The highest BCUT2D eigenvalue weighted by molar-refractivity contribution is 7.85. The van der Waals surface area contributed by atoms with Crippen molar-refractivity contribution in [2.24, 2.45) is 0 Å². The van der Waals surface area contributed by atoms with E-state index in [9.17, 15) is 8.42 Å². The van der Waals surface area contributed by atoms with Gasteiger partial charge < -0.3 is 14.8 Å². The Balaban J connectivity index is 2.00. The molecule has 0 unspecified atom stereocenters. The van der Waals surface area contributed by atoms with Crippen molar-refractivity contribution in [1.82, 2.24) is 9.97 Å². The highest BCUT2D eigenvalue weighted by atomic mass is 32.2. The molecule has 1 heterocycles. The smallest absolute Gasteiger partial charge is 0.389 e. The van der Waals surface area contributed by atoms with Crippen molar-refractivity contribution in [3.05, 3.63) is 42.7 Å². The second-order valence-electron chi connectivity index (χ2n) is 5.37. The number of aromatic nitrogens is 2. The van der Waals surface area contributed by atoms with Crippen LogP contribution in [0.1, 0.15) is 0 Å². The molecular formula is C16H18N5O4S+. The second-order valence-corrected chi connectivity index (χ2v) is 6.80. The molecule has 0 bridgehead atoms. The van der Waals surface area contributed by atoms with Gasteiger partial charge in [0.05, 0.1) is 25.4 Å². The Morgan fingerprint density at radius 1 is 1.00 bits per heavy atom. The van der Waals surface area contributed by atoms with Crippen LogP contribution in [0.5, 0.6) is 11.5 Å². The molecule has 136 valence electrons. The van der Waals surface area contributed by atoms with Crippen LogP contribution >= 0.6 is 0 Å². The SMILES string of the molecule is COc1cc2ncnc(Nc3cccc(NS([NH3+])(=O)=O)c3)c2cc1OC. The molecule has 0 saturated carbocycles. The molecule has 0 aliphatic rings. The highest BCUT2D eigenvalue weighted by Gasteiger charge is 2.12. The van der Waals surface area contributed by atoms with Crippen molar-refractivity contribution < 1.29 is 23.0 Å². The van der Waals surface area contributed by atoms with E-state index in [1.165, 1.54) is 6.33 Å². The van der Waals surface area contributed by atoms with Gasteiger partial charge in [0, 0.05) is 17.1 Å². The number of quaternary nitrogens is 1. The average Bonchev–Trinajstić information content (AvgIpc) is 2.59. The fourth-order valence-electron chi connectivity index (χ4n) is 2.46. The molecule has 10 heteroatoms. The van der Waals surface area contributed by atoms with E-state index >= 15 is 0 Å². The van der Waals surface area contributed by atoms with Crippen molar-refractivity contribution >= 4 is 38.3 Å². The lowest BCUT2D eigenvalue weighted by Gasteiger charge is -2.12. The lowest BCUT2D eigenvalue weighted by molar-refractivity contribution is -0.163. The summed E-state index contributed by atoms with van der Waals surface area (Å²) in [5, 5.41) is 6.94. The van der Waals surface area contributed by atoms with Crippen LogP contribution in [0, 0.1) is 0 Å². The monoisotopic (exact) mass is 376 g/mol. The first kappa shape index (κ1) is 17.7. The largest absolute Gasteiger partial charge is 0.493 e. The molecule has 0 fully saturated rings. The molecule has 0 atom stereocenters. The fourth-order valence-corrected chi connectivity index (χ4v) is 2.95. The van der Waals surface area contributed by atoms with E-state index in [-0.39, 0.29) is 0 Å². The number of benzene rings is 2. The number of methoxy groups -OCH3 is 2. The summed E-state index contributed by atoms with van der Waals surface area (Å²) in [6, 6.07) is 10.3. The predicted octanol–water partition coefficient (Wildman–Crippen LogP) is 1.29. The van der Waals surface area contributed by atoms with Crippen molar-refractivity contribution in [3.8, 4) is 11.5 Å². The van der Waals surface area contributed by atoms with Gasteiger partial charge in [-0.3, -0.25) is 0 Å². The Kier molecular flexibility index (Phi) is 4.78. The number of ether oxygens (including phenoxy) is 2. The normalized spacial score (nSPS) is 11.2. The minimum absolute atomic E-state index is 0.391. The van der Waals surface area contributed by atoms with E-state index in [0.29, 0.717) is 34.2 Å². The molecule has 0 aliphatic heterocycles. The third-order valence-corrected chi connectivity index (χ3v) is 4.09. The van der Waals surface area contributed by atoms with Gasteiger partial charge in [0.2, 0.25) is 0 Å². The molecule has 26 heavy (non-hydrogen) atoms. The van der Waals surface area contributed by atoms with E-state index in [2.05, 4.69) is 25.1 Å². The Bertz CT molecular complexity index is 1060. The first-order chi connectivity index (χ1) is 12.4. The molecule has 2 aromatic carbocycles. The molecule has 3 rings (SSSR count). The summed E-state index contributed by atoms with van der Waals surface area (Å²) in [4.78, 5) is 8.51. The molecule has 1 aromatic heterocycles. The molecule has 9 nitrogen and oxygen atoms in total. The number of nitrogens with zero attached hydrogens (tertiary/aromatic N) is 2. The first-order valence-corrected chi connectivity index (χ1v) is 9.14. The summed E-state index contributed by atoms with van der Waals surface area (Å²) in [6.45, 7) is 0. The van der Waals surface area contributed by atoms with Gasteiger partial charge in [-0.05, 0) is 24.3 Å². The average molecular weight is 376 g/mol. The van der Waals surface area contributed by atoms with E-state index in [1.54, 1.807) is 50.6 Å². The third kappa shape index (κ3) is 3.92. The molecule has 0 aliphatic carbocycles. The van der Waals surface area contributed by atoms with E-state index in [1.807, 2.05) is 0 Å². The summed E-state index contributed by atoms with van der Waals surface area (Å²) in [7, 11) is -0.497. The number of hydrogen-bond acceptors (Lipinski definition) is 7. The minimum Gasteiger partial charge on any atom is -0.493 e. The zero-order valence-electron chi connectivity index (χ0n) is 14.2. The van der Waals surface area contributed by atoms with Gasteiger partial charge in [-0.15, -0.1) is 0 Å². The zero-order chi connectivity index (χ0) is 18.7. The third-order valence-electron chi connectivity index (χ3n) is 3.54. The van der Waals surface area contributed by atoms with Gasteiger partial charge in [0.1, 0.15) is 12.1 Å². The summed E-state index contributed by atoms with van der Waals surface area (Å²) in [6.07, 6.45) is 1.43. The molecule has 0 spiro atoms. The quantitative estimate of drug-likeness (QED) is 0.591. The molecule has 5 N–H and O–H groups in total. The second kappa shape index (κ2) is 7.02. The van der Waals surface area contributed by atoms with Crippen LogP contribution < -0.4 is 24.7 Å². The van der Waals surface area contributed by atoms with Crippen LogP contribution in [0.15, 0.2) is 42.7 Å². The Morgan fingerprint density at radius 3 is 2.38 bits per heavy atom. The van der Waals surface area contributed by atoms with Crippen LogP contribution in [0.25, 0.3) is 10.9 Å². The van der Waals surface area contributed by atoms with Gasteiger partial charge >= 0.3 is 10.2 Å². The summed E-state index contributed by atoms with van der Waals surface area (Å²) in [5.41, 5.74) is 1.71. The van der Waals surface area contributed by atoms with E-state index in [0.717, 1.165) is 5.39 Å². The number of hydrogen-bond donors (Lipinski definition) is 3. The maximum atomic E-state index is 11.3. The maximum Gasteiger partial charge on any atom is 0.389 e. The Labute approximate surface area is 150 Å². The van der Waals surface area contributed by atoms with Crippen molar-refractivity contribution in [2.75, 3.05) is 24.3 Å². The number of fused-ring (bicyclic) bond motifs is 1. The zero-order valence-corrected chi connectivity index (χ0v) is 15.0. The van der Waals surface area contributed by atoms with Gasteiger partial charge in [-0.1, -0.05) is 6.07 Å². The standard InChI is InChI=1S/C16H17N5O4S/c1-24-14-7-12-13(8-15(14)25-2)18-9-19-16(12)20-10-4-3-5-11(6-10)21-26(17,22)23/h3-9,21H,1-2H3,(H2,17,22,23)(H,18,19,20)/p+1. The molecule has 3 aromatic rings. The van der Waals surface area contributed by atoms with E-state index in [4.69, 9.17) is 9.47 Å². The van der Waals surface area contributed by atoms with Crippen LogP contribution in [0.4, 0.5) is 17.2 Å². The van der Waals surface area contributed by atoms with Crippen molar-refractivity contribution in [1.29, 1.82) is 0 Å². The maximum absolute atomic E-state index is 11.3. The van der Waals surface area contributed by atoms with Gasteiger partial charge in [-0.2, -0.15) is 8.42 Å². The summed E-state index contributed by atoms with van der Waals surface area (Å²) >= 11 is 0. The van der Waals surface area contributed by atoms with Crippen LogP contribution in [-0.4, -0.2) is 32.6 Å². The van der Waals surface area contributed by atoms with Gasteiger partial charge in [0.25, 0.3) is 0 Å². The molecular weight excluding hydrogens is 358 g/mol. The molecule has 0 radical (unpaired) electrons. The minimum atomic E-state index is -3.60. The van der Waals surface area contributed by atoms with Crippen LogP contribution in [0.3, 0.4) is 0 Å². The first-order valence-electron chi connectivity index (χ1n) is 7.49. The Morgan fingerprint density at radius 2 is 1.69 bits per heavy atom. The lowest BCUT2D eigenvalue weighted by atomic mass is 10.2. The van der Waals surface area contributed by atoms with E-state index < -0.39 is 10.2 Å². The number of anilines is 3.